The van der Waals surface area contributed by atoms with Crippen molar-refractivity contribution in [2.24, 2.45) is 0 Å². The minimum absolute atomic E-state index is 0.534. The van der Waals surface area contributed by atoms with Crippen molar-refractivity contribution in [1.82, 2.24) is 0 Å². The zero-order chi connectivity index (χ0) is 54.0. The van der Waals surface area contributed by atoms with Gasteiger partial charge in [0.1, 0.15) is 11.5 Å². The molecular formula is C73H130O3. The van der Waals surface area contributed by atoms with Crippen molar-refractivity contribution in [2.45, 2.75) is 386 Å². The number of hydrogen-bond acceptors (Lipinski definition) is 3. The highest BCUT2D eigenvalue weighted by Crippen LogP contribution is 2.22. The van der Waals surface area contributed by atoms with Crippen LogP contribution in [0.15, 0.2) is 48.5 Å². The molecule has 0 unspecified atom stereocenters. The van der Waals surface area contributed by atoms with Crippen molar-refractivity contribution < 1.29 is 14.3 Å². The van der Waals surface area contributed by atoms with Gasteiger partial charge in [0, 0.05) is 0 Å². The molecule has 0 aliphatic heterocycles. The molecule has 0 aliphatic rings. The van der Waals surface area contributed by atoms with E-state index in [0.29, 0.717) is 11.5 Å². The molecule has 0 bridgehead atoms. The van der Waals surface area contributed by atoms with Crippen LogP contribution in [0, 0.1) is 0 Å². The minimum Gasteiger partial charge on any atom is -0.395 e. The quantitative estimate of drug-likeness (QED) is 0.0376. The Morgan fingerprint density at radius 2 is 0.368 bits per heavy atom. The van der Waals surface area contributed by atoms with Crippen LogP contribution in [0.5, 0.6) is 11.5 Å². The van der Waals surface area contributed by atoms with Crippen molar-refractivity contribution in [3.63, 3.8) is 0 Å². The number of rotatable bonds is 60. The average Bonchev–Trinajstić information content (AvgIpc) is 3.43. The lowest BCUT2D eigenvalue weighted by atomic mass is 10.0. The van der Waals surface area contributed by atoms with Crippen molar-refractivity contribution in [2.75, 3.05) is 0 Å². The second kappa shape index (κ2) is 57.4. The molecule has 2 rings (SSSR count). The Hall–Kier alpha value is -2.29. The van der Waals surface area contributed by atoms with Gasteiger partial charge in [-0.3, -0.25) is 0 Å². The topological polar surface area (TPSA) is 35.5 Å². The van der Waals surface area contributed by atoms with Crippen LogP contribution in [0.4, 0.5) is 4.79 Å². The summed E-state index contributed by atoms with van der Waals surface area (Å²) >= 11 is 0. The van der Waals surface area contributed by atoms with E-state index < -0.39 is 6.16 Å². The van der Waals surface area contributed by atoms with E-state index in [1.807, 2.05) is 24.3 Å². The molecule has 76 heavy (non-hydrogen) atoms. The number of hydrogen-bond donors (Lipinski definition) is 0. The van der Waals surface area contributed by atoms with E-state index in [2.05, 4.69) is 38.1 Å². The van der Waals surface area contributed by atoms with E-state index in [-0.39, 0.29) is 0 Å². The van der Waals surface area contributed by atoms with Crippen molar-refractivity contribution in [1.29, 1.82) is 0 Å². The third-order valence-corrected chi connectivity index (χ3v) is 16.9. The summed E-state index contributed by atoms with van der Waals surface area (Å²) in [5.74, 6) is 1.07. The smallest absolute Gasteiger partial charge is 0.395 e. The van der Waals surface area contributed by atoms with Crippen LogP contribution in [0.25, 0.3) is 0 Å². The van der Waals surface area contributed by atoms with Gasteiger partial charge in [-0.1, -0.05) is 385 Å². The summed E-state index contributed by atoms with van der Waals surface area (Å²) in [5.41, 5.74) is 2.61. The van der Waals surface area contributed by atoms with Crippen molar-refractivity contribution in [3.05, 3.63) is 59.7 Å². The lowest BCUT2D eigenvalue weighted by Crippen LogP contribution is -2.13. The van der Waals surface area contributed by atoms with Gasteiger partial charge in [-0.15, -0.1) is 0 Å². The molecule has 440 valence electrons. The van der Waals surface area contributed by atoms with E-state index in [4.69, 9.17) is 9.47 Å². The second-order valence-electron chi connectivity index (χ2n) is 24.3. The number of ether oxygens (including phenoxy) is 2. The molecule has 0 N–H and O–H groups in total. The molecule has 3 nitrogen and oxygen atoms in total. The van der Waals surface area contributed by atoms with Gasteiger partial charge in [-0.25, -0.2) is 4.79 Å². The zero-order valence-electron chi connectivity index (χ0n) is 51.4. The summed E-state index contributed by atoms with van der Waals surface area (Å²) in [6.45, 7) is 4.61. The van der Waals surface area contributed by atoms with Crippen LogP contribution < -0.4 is 9.47 Å². The van der Waals surface area contributed by atoms with E-state index in [1.54, 1.807) is 0 Å². The summed E-state index contributed by atoms with van der Waals surface area (Å²) in [7, 11) is 0. The van der Waals surface area contributed by atoms with Crippen LogP contribution in [0.2, 0.25) is 0 Å². The van der Waals surface area contributed by atoms with E-state index in [9.17, 15) is 4.79 Å². The van der Waals surface area contributed by atoms with Crippen LogP contribution in [0.3, 0.4) is 0 Å². The predicted molar refractivity (Wildman–Crippen MR) is 337 cm³/mol. The Labute approximate surface area is 475 Å². The summed E-state index contributed by atoms with van der Waals surface area (Å²) in [4.78, 5) is 12.5. The standard InChI is InChI=1S/C73H130O3/c1-3-5-7-9-11-13-15-17-19-21-23-25-27-29-31-33-35-37-39-41-43-45-47-49-51-53-55-57-59-69-61-65-71(66-62-69)75-73(74)76-72-67-63-70(64-68-72)60-58-56-54-52-50-48-46-44-42-40-38-36-34-32-30-28-26-24-22-20-18-16-14-12-10-8-6-4-2/h61-68H,3-60H2,1-2H3. The van der Waals surface area contributed by atoms with Crippen molar-refractivity contribution >= 4 is 6.16 Å². The van der Waals surface area contributed by atoms with Crippen LogP contribution in [-0.2, 0) is 12.8 Å². The molecule has 2 aromatic carbocycles. The molecule has 0 aliphatic carbocycles. The first kappa shape index (κ1) is 69.8. The molecule has 0 radical (unpaired) electrons. The molecule has 0 aromatic heterocycles. The maximum Gasteiger partial charge on any atom is 0.519 e. The molecule has 0 saturated heterocycles. The SMILES string of the molecule is CCCCCCCCCCCCCCCCCCCCCCCCCCCCCCc1ccc(OC(=O)Oc2ccc(CCCCCCCCCCCCCCCCCCCCCCCCCCCCCC)cc2)cc1. The highest BCUT2D eigenvalue weighted by molar-refractivity contribution is 5.67. The number of carbonyl (C=O) groups is 1. The molecule has 2 aromatic rings. The average molecular weight is 1060 g/mol. The Kier molecular flexibility index (Phi) is 52.7. The summed E-state index contributed by atoms with van der Waals surface area (Å²) < 4.78 is 11.0. The maximum atomic E-state index is 12.5. The van der Waals surface area contributed by atoms with Gasteiger partial charge in [0.05, 0.1) is 0 Å². The zero-order valence-corrected chi connectivity index (χ0v) is 51.4. The second-order valence-corrected chi connectivity index (χ2v) is 24.3. The molecular weight excluding hydrogens is 925 g/mol. The molecule has 0 saturated carbocycles. The maximum absolute atomic E-state index is 12.5. The highest BCUT2D eigenvalue weighted by Gasteiger charge is 2.09. The minimum atomic E-state index is -0.679. The first-order chi connectivity index (χ1) is 37.7. The Balaban J connectivity index is 1.28. The summed E-state index contributed by atoms with van der Waals surface area (Å²) in [6.07, 6.45) is 81.6. The normalized spacial score (nSPS) is 11.5. The van der Waals surface area contributed by atoms with Gasteiger partial charge in [0.15, 0.2) is 0 Å². The molecule has 0 heterocycles. The van der Waals surface area contributed by atoms with Crippen LogP contribution in [-0.4, -0.2) is 6.16 Å². The van der Waals surface area contributed by atoms with Gasteiger partial charge in [-0.05, 0) is 61.1 Å². The monoisotopic (exact) mass is 1060 g/mol. The lowest BCUT2D eigenvalue weighted by molar-refractivity contribution is 0.152. The number of benzene rings is 2. The fourth-order valence-corrected chi connectivity index (χ4v) is 11.7. The lowest BCUT2D eigenvalue weighted by Gasteiger charge is -2.08. The van der Waals surface area contributed by atoms with Crippen LogP contribution >= 0.6 is 0 Å². The van der Waals surface area contributed by atoms with Gasteiger partial charge in [-0.2, -0.15) is 0 Å². The number of aryl methyl sites for hydroxylation is 2. The fraction of sp³-hybridized carbons (Fsp3) is 0.822. The summed E-state index contributed by atoms with van der Waals surface area (Å²) in [5, 5.41) is 0. The third kappa shape index (κ3) is 48.8. The largest absolute Gasteiger partial charge is 0.519 e. The molecule has 3 heteroatoms. The molecule has 0 fully saturated rings. The van der Waals surface area contributed by atoms with Gasteiger partial charge < -0.3 is 9.47 Å². The third-order valence-electron chi connectivity index (χ3n) is 16.9. The van der Waals surface area contributed by atoms with Crippen molar-refractivity contribution in [3.8, 4) is 11.5 Å². The summed E-state index contributed by atoms with van der Waals surface area (Å²) in [6, 6.07) is 15.9. The first-order valence-corrected chi connectivity index (χ1v) is 34.8. The fourth-order valence-electron chi connectivity index (χ4n) is 11.7. The van der Waals surface area contributed by atoms with E-state index in [0.717, 1.165) is 12.8 Å². The Bertz CT molecular complexity index is 1320. The molecule has 0 spiro atoms. The predicted octanol–water partition coefficient (Wildman–Crippen LogP) is 26.2. The van der Waals surface area contributed by atoms with E-state index >= 15 is 0 Å². The van der Waals surface area contributed by atoms with Gasteiger partial charge in [0.2, 0.25) is 0 Å². The molecule has 0 atom stereocenters. The number of unbranched alkanes of at least 4 members (excludes halogenated alkanes) is 54. The Morgan fingerprint density at radius 3 is 0.526 bits per heavy atom. The van der Waals surface area contributed by atoms with Gasteiger partial charge in [0.25, 0.3) is 0 Å². The number of carbonyl (C=O) groups excluding carboxylic acids is 1. The molecule has 0 amide bonds. The van der Waals surface area contributed by atoms with Gasteiger partial charge >= 0.3 is 6.16 Å². The van der Waals surface area contributed by atoms with E-state index in [1.165, 1.54) is 371 Å². The van der Waals surface area contributed by atoms with Crippen LogP contribution in [0.1, 0.15) is 385 Å². The highest BCUT2D eigenvalue weighted by atomic mass is 16.7. The Morgan fingerprint density at radius 1 is 0.224 bits per heavy atom. The first-order valence-electron chi connectivity index (χ1n) is 34.8.